The molecule has 1 aromatic rings. The monoisotopic (exact) mass is 362 g/mol. The van der Waals surface area contributed by atoms with E-state index in [9.17, 15) is 15.8 Å². The molecular formula is C21H22N4S. The van der Waals surface area contributed by atoms with Crippen molar-refractivity contribution in [3.63, 3.8) is 0 Å². The predicted molar refractivity (Wildman–Crippen MR) is 102 cm³/mol. The maximum Gasteiger partial charge on any atom is 0.192 e. The molecule has 0 unspecified atom stereocenters. The van der Waals surface area contributed by atoms with Crippen molar-refractivity contribution in [2.24, 2.45) is 17.1 Å². The number of nitrogens with two attached hydrogens (primary N) is 1. The van der Waals surface area contributed by atoms with E-state index in [1.54, 1.807) is 11.3 Å². The summed E-state index contributed by atoms with van der Waals surface area (Å²) in [5.74, 6) is -0.302. The number of nitrogens with zero attached hydrogens (tertiary/aromatic N) is 3. The molecule has 0 aromatic carbocycles. The fourth-order valence-electron chi connectivity index (χ4n) is 4.23. The van der Waals surface area contributed by atoms with Gasteiger partial charge in [-0.25, -0.2) is 0 Å². The lowest BCUT2D eigenvalue weighted by molar-refractivity contribution is 0.321. The normalized spacial score (nSPS) is 24.0. The maximum absolute atomic E-state index is 9.98. The van der Waals surface area contributed by atoms with Crippen LogP contribution in [0, 0.1) is 45.3 Å². The van der Waals surface area contributed by atoms with Crippen LogP contribution in [0.1, 0.15) is 54.7 Å². The molecule has 2 N–H and O–H groups in total. The first kappa shape index (κ1) is 18.2. The fraction of sp³-hybridized carbons (Fsp3) is 0.476. The van der Waals surface area contributed by atoms with Crippen LogP contribution in [0.5, 0.6) is 0 Å². The van der Waals surface area contributed by atoms with E-state index in [-0.39, 0.29) is 17.5 Å². The summed E-state index contributed by atoms with van der Waals surface area (Å²) in [5.41, 5.74) is 6.22. The number of thiophene rings is 1. The highest BCUT2D eigenvalue weighted by molar-refractivity contribution is 7.12. The van der Waals surface area contributed by atoms with Crippen LogP contribution < -0.4 is 5.73 Å². The summed E-state index contributed by atoms with van der Waals surface area (Å²) in [6.45, 7) is 2.17. The molecule has 0 fully saturated rings. The number of allylic oxidation sites excluding steroid dienone is 4. The van der Waals surface area contributed by atoms with Gasteiger partial charge in [0.15, 0.2) is 5.41 Å². The summed E-state index contributed by atoms with van der Waals surface area (Å²) in [4.78, 5) is 2.32. The lowest BCUT2D eigenvalue weighted by Gasteiger charge is -2.42. The molecule has 4 nitrogen and oxygen atoms in total. The third kappa shape index (κ3) is 2.72. The first-order valence-electron chi connectivity index (χ1n) is 9.14. The Hall–Kier alpha value is -2.55. The second-order valence-electron chi connectivity index (χ2n) is 7.01. The van der Waals surface area contributed by atoms with Gasteiger partial charge in [0.2, 0.25) is 0 Å². The molecule has 2 aliphatic rings. The Bertz CT molecular complexity index is 870. The van der Waals surface area contributed by atoms with Crippen LogP contribution in [-0.4, -0.2) is 0 Å². The molecule has 3 rings (SSSR count). The third-order valence-electron chi connectivity index (χ3n) is 5.56. The second kappa shape index (κ2) is 7.36. The van der Waals surface area contributed by atoms with Crippen molar-refractivity contribution in [1.29, 1.82) is 15.8 Å². The Balaban J connectivity index is 2.17. The van der Waals surface area contributed by atoms with Gasteiger partial charge in [-0.05, 0) is 55.7 Å². The fourth-order valence-corrected chi connectivity index (χ4v) is 5.52. The molecule has 0 saturated carbocycles. The highest BCUT2D eigenvalue weighted by Gasteiger charge is 2.54. The van der Waals surface area contributed by atoms with Crippen LogP contribution in [0.15, 0.2) is 35.1 Å². The van der Waals surface area contributed by atoms with E-state index in [4.69, 9.17) is 5.73 Å². The van der Waals surface area contributed by atoms with Gasteiger partial charge in [0.1, 0.15) is 6.07 Å². The van der Waals surface area contributed by atoms with Crippen molar-refractivity contribution in [2.75, 3.05) is 0 Å². The summed E-state index contributed by atoms with van der Waals surface area (Å²) in [7, 11) is 0. The van der Waals surface area contributed by atoms with Crippen molar-refractivity contribution >= 4 is 11.3 Å². The minimum atomic E-state index is -1.47. The molecule has 0 spiro atoms. The number of fused-ring (bicyclic) bond motifs is 1. The average molecular weight is 363 g/mol. The first-order chi connectivity index (χ1) is 12.6. The Labute approximate surface area is 158 Å². The Morgan fingerprint density at radius 2 is 2.04 bits per heavy atom. The summed E-state index contributed by atoms with van der Waals surface area (Å²) in [5, 5.41) is 29.6. The molecule has 5 heteroatoms. The van der Waals surface area contributed by atoms with Crippen molar-refractivity contribution in [1.82, 2.24) is 0 Å². The predicted octanol–water partition coefficient (Wildman–Crippen LogP) is 4.68. The molecule has 0 saturated heterocycles. The average Bonchev–Trinajstić information content (AvgIpc) is 3.14. The van der Waals surface area contributed by atoms with E-state index in [2.05, 4.69) is 43.3 Å². The van der Waals surface area contributed by atoms with Crippen molar-refractivity contribution in [2.45, 2.75) is 51.4 Å². The van der Waals surface area contributed by atoms with E-state index < -0.39 is 5.41 Å². The topological polar surface area (TPSA) is 97.4 Å². The van der Waals surface area contributed by atoms with Crippen LogP contribution in [0.4, 0.5) is 0 Å². The van der Waals surface area contributed by atoms with Gasteiger partial charge in [-0.3, -0.25) is 0 Å². The molecule has 2 aliphatic carbocycles. The lowest BCUT2D eigenvalue weighted by Crippen LogP contribution is -2.42. The van der Waals surface area contributed by atoms with Gasteiger partial charge < -0.3 is 5.73 Å². The SMILES string of the molecule is CCCCc1ccc([C@@H]2[C@@H]3CCCC=C3C(C#N)=C(N)C2(C#N)C#N)s1. The summed E-state index contributed by atoms with van der Waals surface area (Å²) in [6, 6.07) is 10.7. The van der Waals surface area contributed by atoms with Crippen LogP contribution in [0.25, 0.3) is 0 Å². The summed E-state index contributed by atoms with van der Waals surface area (Å²) in [6.07, 6.45) is 8.15. The van der Waals surface area contributed by atoms with Crippen LogP contribution >= 0.6 is 11.3 Å². The van der Waals surface area contributed by atoms with Crippen LogP contribution in [0.3, 0.4) is 0 Å². The Morgan fingerprint density at radius 1 is 1.27 bits per heavy atom. The first-order valence-corrected chi connectivity index (χ1v) is 9.96. The quantitative estimate of drug-likeness (QED) is 0.840. The summed E-state index contributed by atoms with van der Waals surface area (Å²) < 4.78 is 0. The molecular weight excluding hydrogens is 340 g/mol. The lowest BCUT2D eigenvalue weighted by atomic mass is 9.58. The standard InChI is InChI=1S/C21H22N4S/c1-2-3-6-14-9-10-18(26-14)19-16-8-5-4-7-15(16)17(11-22)20(25)21(19,12-23)13-24/h7,9-10,16,19H,2-6,8,25H2,1H3/t16-,19+/m1/s1. The van der Waals surface area contributed by atoms with E-state index in [0.717, 1.165) is 49.0 Å². The molecule has 0 bridgehead atoms. The molecule has 132 valence electrons. The number of nitriles is 3. The van der Waals surface area contributed by atoms with Crippen LogP contribution in [0.2, 0.25) is 0 Å². The highest BCUT2D eigenvalue weighted by atomic mass is 32.1. The number of aryl methyl sites for hydroxylation is 1. The Morgan fingerprint density at radius 3 is 2.69 bits per heavy atom. The number of rotatable bonds is 4. The van der Waals surface area contributed by atoms with E-state index >= 15 is 0 Å². The molecule has 1 aromatic heterocycles. The van der Waals surface area contributed by atoms with Gasteiger partial charge in [0.25, 0.3) is 0 Å². The van der Waals surface area contributed by atoms with Gasteiger partial charge >= 0.3 is 0 Å². The highest BCUT2D eigenvalue weighted by Crippen LogP contribution is 2.56. The number of hydrogen-bond acceptors (Lipinski definition) is 5. The largest absolute Gasteiger partial charge is 0.399 e. The summed E-state index contributed by atoms with van der Waals surface area (Å²) >= 11 is 1.69. The van der Waals surface area contributed by atoms with Gasteiger partial charge in [0.05, 0.1) is 23.4 Å². The zero-order chi connectivity index (χ0) is 18.7. The molecule has 0 amide bonds. The molecule has 26 heavy (non-hydrogen) atoms. The van der Waals surface area contributed by atoms with Gasteiger partial charge in [-0.1, -0.05) is 19.4 Å². The van der Waals surface area contributed by atoms with E-state index in [1.165, 1.54) is 4.88 Å². The zero-order valence-corrected chi connectivity index (χ0v) is 15.8. The van der Waals surface area contributed by atoms with E-state index in [1.807, 2.05) is 0 Å². The number of unbranched alkanes of at least 4 members (excludes halogenated alkanes) is 1. The minimum Gasteiger partial charge on any atom is -0.399 e. The molecule has 2 atom stereocenters. The van der Waals surface area contributed by atoms with Crippen molar-refractivity contribution in [3.05, 3.63) is 44.8 Å². The van der Waals surface area contributed by atoms with Crippen molar-refractivity contribution < 1.29 is 0 Å². The number of hydrogen-bond donors (Lipinski definition) is 1. The van der Waals surface area contributed by atoms with Crippen molar-refractivity contribution in [3.8, 4) is 18.2 Å². The minimum absolute atomic E-state index is 0.00248. The maximum atomic E-state index is 9.98. The van der Waals surface area contributed by atoms with Gasteiger partial charge in [-0.15, -0.1) is 11.3 Å². The van der Waals surface area contributed by atoms with Gasteiger partial charge in [-0.2, -0.15) is 15.8 Å². The van der Waals surface area contributed by atoms with E-state index in [0.29, 0.717) is 5.57 Å². The molecule has 0 aliphatic heterocycles. The smallest absolute Gasteiger partial charge is 0.192 e. The molecule has 0 radical (unpaired) electrons. The Kier molecular flexibility index (Phi) is 5.17. The van der Waals surface area contributed by atoms with Crippen LogP contribution in [-0.2, 0) is 6.42 Å². The third-order valence-corrected chi connectivity index (χ3v) is 6.79. The second-order valence-corrected chi connectivity index (χ2v) is 8.21. The molecule has 1 heterocycles. The van der Waals surface area contributed by atoms with Gasteiger partial charge in [0, 0.05) is 15.7 Å². The zero-order valence-electron chi connectivity index (χ0n) is 15.0.